The summed E-state index contributed by atoms with van der Waals surface area (Å²) in [5.41, 5.74) is -0.253. The van der Waals surface area contributed by atoms with Crippen LogP contribution in [0.2, 0.25) is 0 Å². The number of aliphatic hydroxyl groups excluding tert-OH is 1. The Balaban J connectivity index is 1.37. The Morgan fingerprint density at radius 2 is 1.76 bits per heavy atom. The molecule has 0 radical (unpaired) electrons. The third kappa shape index (κ3) is 4.70. The van der Waals surface area contributed by atoms with E-state index in [0.29, 0.717) is 29.1 Å². The Labute approximate surface area is 202 Å². The van der Waals surface area contributed by atoms with E-state index in [0.717, 1.165) is 71.1 Å². The number of allylic oxidation sites excluding steroid dienone is 1. The van der Waals surface area contributed by atoms with Gasteiger partial charge in [0.2, 0.25) is 0 Å². The molecule has 0 heterocycles. The maximum atomic E-state index is 12.3. The van der Waals surface area contributed by atoms with Crippen LogP contribution in [0.25, 0.3) is 0 Å². The number of likely N-dealkylation sites (N-methyl/N-ethyl adjacent to an activating group) is 1. The van der Waals surface area contributed by atoms with Gasteiger partial charge in [-0.05, 0) is 114 Å². The number of fused-ring (bicyclic) bond motifs is 5. The molecule has 190 valence electrons. The van der Waals surface area contributed by atoms with Crippen LogP contribution in [0.3, 0.4) is 0 Å². The van der Waals surface area contributed by atoms with E-state index < -0.39 is 5.60 Å². The first-order valence-corrected chi connectivity index (χ1v) is 13.7. The zero-order valence-corrected chi connectivity index (χ0v) is 21.9. The van der Waals surface area contributed by atoms with Gasteiger partial charge >= 0.3 is 0 Å². The van der Waals surface area contributed by atoms with Gasteiger partial charge in [0.1, 0.15) is 0 Å². The Bertz CT molecular complexity index is 699. The number of rotatable bonds is 8. The van der Waals surface area contributed by atoms with Crippen LogP contribution in [0.5, 0.6) is 0 Å². The number of nitrogens with zero attached hydrogens (tertiary/aromatic N) is 2. The zero-order valence-electron chi connectivity index (χ0n) is 21.9. The van der Waals surface area contributed by atoms with Crippen molar-refractivity contribution in [2.24, 2.45) is 34.5 Å². The summed E-state index contributed by atoms with van der Waals surface area (Å²) < 4.78 is 0. The van der Waals surface area contributed by atoms with Gasteiger partial charge in [-0.2, -0.15) is 5.06 Å². The van der Waals surface area contributed by atoms with Gasteiger partial charge < -0.3 is 15.1 Å². The molecule has 0 aromatic rings. The van der Waals surface area contributed by atoms with Crippen molar-refractivity contribution in [3.05, 3.63) is 12.2 Å². The van der Waals surface area contributed by atoms with E-state index >= 15 is 0 Å². The second kappa shape index (κ2) is 9.89. The minimum atomic E-state index is -0.538. The molecule has 0 aromatic carbocycles. The molecule has 0 aromatic heterocycles. The van der Waals surface area contributed by atoms with Gasteiger partial charge in [-0.25, -0.2) is 0 Å². The smallest absolute Gasteiger partial charge is 0.0737 e. The number of hydroxylamine groups is 2. The lowest BCUT2D eigenvalue weighted by Gasteiger charge is -2.63. The predicted molar refractivity (Wildman–Crippen MR) is 134 cm³/mol. The van der Waals surface area contributed by atoms with Gasteiger partial charge in [0, 0.05) is 19.0 Å². The van der Waals surface area contributed by atoms with Gasteiger partial charge in [-0.15, -0.1) is 0 Å². The fourth-order valence-electron chi connectivity index (χ4n) is 8.58. The highest BCUT2D eigenvalue weighted by molar-refractivity contribution is 5.19. The van der Waals surface area contributed by atoms with Crippen LogP contribution in [-0.2, 0) is 4.84 Å². The van der Waals surface area contributed by atoms with E-state index in [1.54, 1.807) is 0 Å². The lowest BCUT2D eigenvalue weighted by molar-refractivity contribution is -0.207. The average Bonchev–Trinajstić information content (AvgIpc) is 3.03. The first-order valence-electron chi connectivity index (χ1n) is 13.7. The van der Waals surface area contributed by atoms with Crippen molar-refractivity contribution in [2.45, 2.75) is 89.8 Å². The van der Waals surface area contributed by atoms with E-state index in [2.05, 4.69) is 45.0 Å². The minimum absolute atomic E-state index is 0.0207. The van der Waals surface area contributed by atoms with E-state index in [1.807, 2.05) is 12.1 Å². The molecular formula is C28H50N2O3. The van der Waals surface area contributed by atoms with Crippen LogP contribution in [0.15, 0.2) is 12.2 Å². The van der Waals surface area contributed by atoms with Gasteiger partial charge in [0.25, 0.3) is 0 Å². The van der Waals surface area contributed by atoms with Crippen molar-refractivity contribution in [3.8, 4) is 0 Å². The fourth-order valence-corrected chi connectivity index (χ4v) is 8.58. The second-order valence-electron chi connectivity index (χ2n) is 12.7. The highest BCUT2D eigenvalue weighted by Gasteiger charge is 2.66. The standard InChI is InChI=1S/C28H50N2O3/c1-26-14-12-23(31)20-22(26)9-10-25-24(26)13-15-27(2)21(11-16-28(25,27)32)8-6-18-30(5)33-19-7-17-29(3)4/h6,8,21-25,31-32H,7,9-20H2,1-5H3/b8-6+/t21-,22+,23-,24-,25+,26-,27+,28-/m0/s1. The lowest BCUT2D eigenvalue weighted by Crippen LogP contribution is -2.62. The molecule has 0 bridgehead atoms. The molecule has 33 heavy (non-hydrogen) atoms. The topological polar surface area (TPSA) is 56.2 Å². The molecule has 0 unspecified atom stereocenters. The lowest BCUT2D eigenvalue weighted by atomic mass is 9.43. The van der Waals surface area contributed by atoms with Crippen LogP contribution in [0.4, 0.5) is 0 Å². The Kier molecular flexibility index (Phi) is 7.68. The number of hydrogen-bond acceptors (Lipinski definition) is 5. The molecule has 5 heteroatoms. The van der Waals surface area contributed by atoms with Crippen LogP contribution >= 0.6 is 0 Å². The molecule has 4 saturated carbocycles. The van der Waals surface area contributed by atoms with Gasteiger partial charge in [0.15, 0.2) is 0 Å². The second-order valence-corrected chi connectivity index (χ2v) is 12.7. The van der Waals surface area contributed by atoms with Crippen molar-refractivity contribution in [2.75, 3.05) is 40.8 Å². The molecule has 0 amide bonds. The summed E-state index contributed by atoms with van der Waals surface area (Å²) in [4.78, 5) is 8.02. The summed E-state index contributed by atoms with van der Waals surface area (Å²) in [5.74, 6) is 2.13. The van der Waals surface area contributed by atoms with Crippen LogP contribution < -0.4 is 0 Å². The van der Waals surface area contributed by atoms with Crippen molar-refractivity contribution in [1.82, 2.24) is 9.96 Å². The van der Waals surface area contributed by atoms with E-state index in [-0.39, 0.29) is 11.5 Å². The molecule has 2 N–H and O–H groups in total. The molecule has 4 aliphatic rings. The van der Waals surface area contributed by atoms with Crippen molar-refractivity contribution >= 4 is 0 Å². The molecule has 8 atom stereocenters. The van der Waals surface area contributed by atoms with Crippen molar-refractivity contribution < 1.29 is 15.1 Å². The quantitative estimate of drug-likeness (QED) is 0.316. The predicted octanol–water partition coefficient (Wildman–Crippen LogP) is 4.49. The first kappa shape index (κ1) is 25.6. The summed E-state index contributed by atoms with van der Waals surface area (Å²) >= 11 is 0. The Morgan fingerprint density at radius 1 is 0.970 bits per heavy atom. The van der Waals surface area contributed by atoms with Crippen molar-refractivity contribution in [3.63, 3.8) is 0 Å². The fraction of sp³-hybridized carbons (Fsp3) is 0.929. The van der Waals surface area contributed by atoms with Gasteiger partial charge in [-0.1, -0.05) is 26.0 Å². The van der Waals surface area contributed by atoms with E-state index in [9.17, 15) is 10.2 Å². The van der Waals surface area contributed by atoms with E-state index in [4.69, 9.17) is 4.84 Å². The maximum Gasteiger partial charge on any atom is 0.0737 e. The molecule has 4 rings (SSSR count). The summed E-state index contributed by atoms with van der Waals surface area (Å²) in [6.07, 6.45) is 15.4. The van der Waals surface area contributed by atoms with Crippen LogP contribution in [0.1, 0.15) is 78.1 Å². The highest BCUT2D eigenvalue weighted by atomic mass is 16.7. The van der Waals surface area contributed by atoms with Crippen LogP contribution in [-0.4, -0.2) is 72.7 Å². The average molecular weight is 463 g/mol. The number of hydrogen-bond donors (Lipinski definition) is 2. The molecule has 5 nitrogen and oxygen atoms in total. The Morgan fingerprint density at radius 3 is 2.52 bits per heavy atom. The van der Waals surface area contributed by atoms with Crippen molar-refractivity contribution in [1.29, 1.82) is 0 Å². The Hall–Kier alpha value is -0.460. The van der Waals surface area contributed by atoms with Crippen LogP contribution in [0, 0.1) is 34.5 Å². The monoisotopic (exact) mass is 462 g/mol. The molecule has 0 saturated heterocycles. The summed E-state index contributed by atoms with van der Waals surface area (Å²) in [5, 5.41) is 24.5. The molecule has 4 aliphatic carbocycles. The maximum absolute atomic E-state index is 12.3. The first-order chi connectivity index (χ1) is 15.6. The molecular weight excluding hydrogens is 412 g/mol. The van der Waals surface area contributed by atoms with Gasteiger partial charge in [-0.3, -0.25) is 4.84 Å². The largest absolute Gasteiger partial charge is 0.393 e. The van der Waals surface area contributed by atoms with E-state index in [1.165, 1.54) is 12.8 Å². The number of aliphatic hydroxyl groups is 2. The molecule has 0 spiro atoms. The summed E-state index contributed by atoms with van der Waals surface area (Å²) in [7, 11) is 6.20. The minimum Gasteiger partial charge on any atom is -0.393 e. The molecule has 0 aliphatic heterocycles. The molecule has 4 fully saturated rings. The normalized spacial score (nSPS) is 45.4. The highest BCUT2D eigenvalue weighted by Crippen LogP contribution is 2.69. The third-order valence-electron chi connectivity index (χ3n) is 10.7. The zero-order chi connectivity index (χ0) is 23.9. The van der Waals surface area contributed by atoms with Gasteiger partial charge in [0.05, 0.1) is 18.3 Å². The summed E-state index contributed by atoms with van der Waals surface area (Å²) in [6, 6.07) is 0. The third-order valence-corrected chi connectivity index (χ3v) is 10.7. The summed E-state index contributed by atoms with van der Waals surface area (Å²) in [6.45, 7) is 7.47. The SMILES string of the molecule is CN(C)CCCON(C)C/C=C/[C@H]1CC[C@]2(O)[C@@H]3CC[C@@H]4C[C@@H](O)CC[C@]4(C)[C@H]3CC[C@]12C.